The first kappa shape index (κ1) is 16.5. The van der Waals surface area contributed by atoms with E-state index in [1.807, 2.05) is 0 Å². The zero-order valence-corrected chi connectivity index (χ0v) is 14.5. The summed E-state index contributed by atoms with van der Waals surface area (Å²) in [4.78, 5) is 24.6. The first-order chi connectivity index (χ1) is 11.5. The highest BCUT2D eigenvalue weighted by Crippen LogP contribution is 2.43. The summed E-state index contributed by atoms with van der Waals surface area (Å²) in [6, 6.07) is 6.63. The van der Waals surface area contributed by atoms with E-state index in [0.29, 0.717) is 23.0 Å². The number of amides is 1. The van der Waals surface area contributed by atoms with Gasteiger partial charge in [-0.15, -0.1) is 0 Å². The number of ether oxygens (including phenoxy) is 1. The lowest BCUT2D eigenvalue weighted by Gasteiger charge is -2.16. The number of benzene rings is 1. The number of halogens is 1. The summed E-state index contributed by atoms with van der Waals surface area (Å²) in [5.41, 5.74) is 1.99. The quantitative estimate of drug-likeness (QED) is 0.786. The molecule has 0 aliphatic heterocycles. The van der Waals surface area contributed by atoms with E-state index in [0.717, 1.165) is 23.0 Å². The van der Waals surface area contributed by atoms with Gasteiger partial charge in [0.05, 0.1) is 10.2 Å². The van der Waals surface area contributed by atoms with Crippen molar-refractivity contribution in [3.05, 3.63) is 40.1 Å². The number of anilines is 1. The van der Waals surface area contributed by atoms with Gasteiger partial charge >= 0.3 is 5.97 Å². The van der Waals surface area contributed by atoms with Crippen LogP contribution in [-0.4, -0.2) is 40.8 Å². The lowest BCUT2D eigenvalue weighted by molar-refractivity contribution is -0.139. The van der Waals surface area contributed by atoms with Gasteiger partial charge in [0, 0.05) is 18.7 Å². The Balaban J connectivity index is 1.72. The molecule has 126 valence electrons. The number of aliphatic carboxylic acids is 1. The third-order valence-corrected chi connectivity index (χ3v) is 4.61. The Hall–Kier alpha value is -2.35. The summed E-state index contributed by atoms with van der Waals surface area (Å²) in [6.45, 7) is -0.404. The van der Waals surface area contributed by atoms with Crippen LogP contribution in [0.2, 0.25) is 0 Å². The number of carboxylic acids is 1. The van der Waals surface area contributed by atoms with Crippen LogP contribution in [0, 0.1) is 0 Å². The molecule has 2 N–H and O–H groups in total. The average Bonchev–Trinajstić information content (AvgIpc) is 3.34. The molecule has 0 radical (unpaired) electrons. The summed E-state index contributed by atoms with van der Waals surface area (Å²) < 4.78 is 5.80. The Kier molecular flexibility index (Phi) is 4.57. The Morgan fingerprint density at radius 1 is 1.38 bits per heavy atom. The molecule has 0 bridgehead atoms. The van der Waals surface area contributed by atoms with E-state index in [1.54, 1.807) is 31.3 Å². The van der Waals surface area contributed by atoms with E-state index in [-0.39, 0.29) is 5.91 Å². The highest BCUT2D eigenvalue weighted by Gasteiger charge is 2.31. The lowest BCUT2D eigenvalue weighted by atomic mass is 10.2. The van der Waals surface area contributed by atoms with E-state index in [2.05, 4.69) is 26.1 Å². The Morgan fingerprint density at radius 3 is 2.62 bits per heavy atom. The molecular weight excluding hydrogens is 378 g/mol. The molecule has 0 saturated heterocycles. The van der Waals surface area contributed by atoms with E-state index in [4.69, 9.17) is 9.84 Å². The summed E-state index contributed by atoms with van der Waals surface area (Å²) in [5, 5.41) is 15.7. The van der Waals surface area contributed by atoms with Crippen molar-refractivity contribution < 1.29 is 19.4 Å². The van der Waals surface area contributed by atoms with Gasteiger partial charge in [0.15, 0.2) is 12.3 Å². The summed E-state index contributed by atoms with van der Waals surface area (Å²) in [6.07, 6.45) is 2.23. The molecule has 0 unspecified atom stereocenters. The highest BCUT2D eigenvalue weighted by atomic mass is 79.9. The van der Waals surface area contributed by atoms with Crippen molar-refractivity contribution >= 4 is 33.5 Å². The van der Waals surface area contributed by atoms with Crippen LogP contribution in [0.4, 0.5) is 5.69 Å². The molecule has 1 saturated carbocycles. The number of carboxylic acid groups (broad SMARTS) is 1. The molecule has 1 fully saturated rings. The number of aromatic amines is 1. The minimum atomic E-state index is -1.04. The van der Waals surface area contributed by atoms with Gasteiger partial charge < -0.3 is 14.7 Å². The highest BCUT2D eigenvalue weighted by molar-refractivity contribution is 9.10. The second-order valence-electron chi connectivity index (χ2n) is 5.61. The fourth-order valence-electron chi connectivity index (χ4n) is 2.31. The van der Waals surface area contributed by atoms with Gasteiger partial charge in [0.2, 0.25) is 0 Å². The van der Waals surface area contributed by atoms with Crippen LogP contribution in [0.15, 0.2) is 28.7 Å². The van der Waals surface area contributed by atoms with Crippen molar-refractivity contribution in [1.82, 2.24) is 10.2 Å². The first-order valence-electron chi connectivity index (χ1n) is 7.44. The molecule has 7 nitrogen and oxygen atoms in total. The van der Waals surface area contributed by atoms with Crippen molar-refractivity contribution in [2.45, 2.75) is 18.8 Å². The predicted molar refractivity (Wildman–Crippen MR) is 90.6 cm³/mol. The third-order valence-electron chi connectivity index (χ3n) is 3.81. The minimum absolute atomic E-state index is 0.232. The smallest absolute Gasteiger partial charge is 0.341 e. The van der Waals surface area contributed by atoms with Crippen molar-refractivity contribution in [1.29, 1.82) is 0 Å². The van der Waals surface area contributed by atoms with Crippen LogP contribution in [0.25, 0.3) is 0 Å². The molecule has 1 aromatic carbocycles. The molecule has 8 heteroatoms. The van der Waals surface area contributed by atoms with Gasteiger partial charge in [0.1, 0.15) is 5.75 Å². The number of carbonyl (C=O) groups is 2. The molecule has 1 aromatic heterocycles. The Bertz CT molecular complexity index is 768. The van der Waals surface area contributed by atoms with Crippen LogP contribution in [0.5, 0.6) is 5.75 Å². The van der Waals surface area contributed by atoms with Gasteiger partial charge in [0.25, 0.3) is 5.91 Å². The molecule has 1 heterocycles. The fraction of sp³-hybridized carbons (Fsp3) is 0.312. The first-order valence-corrected chi connectivity index (χ1v) is 8.23. The van der Waals surface area contributed by atoms with Crippen molar-refractivity contribution in [3.8, 4) is 5.75 Å². The second kappa shape index (κ2) is 6.64. The Morgan fingerprint density at radius 2 is 2.04 bits per heavy atom. The number of nitrogens with zero attached hydrogens (tertiary/aromatic N) is 2. The van der Waals surface area contributed by atoms with Gasteiger partial charge in [-0.05, 0) is 53.0 Å². The van der Waals surface area contributed by atoms with Crippen LogP contribution >= 0.6 is 15.9 Å². The molecule has 0 atom stereocenters. The normalized spacial score (nSPS) is 13.6. The molecule has 1 amide bonds. The zero-order valence-electron chi connectivity index (χ0n) is 13.0. The maximum atomic E-state index is 12.6. The molecule has 0 spiro atoms. The number of carbonyl (C=O) groups excluding carboxylic acids is 1. The zero-order chi connectivity index (χ0) is 17.3. The maximum Gasteiger partial charge on any atom is 0.341 e. The van der Waals surface area contributed by atoms with E-state index in [1.165, 1.54) is 4.90 Å². The predicted octanol–water partition coefficient (Wildman–Crippen LogP) is 2.79. The number of aromatic nitrogens is 2. The number of H-pyrrole nitrogens is 1. The number of rotatable bonds is 6. The van der Waals surface area contributed by atoms with Crippen molar-refractivity contribution in [3.63, 3.8) is 0 Å². The topological polar surface area (TPSA) is 95.5 Å². The van der Waals surface area contributed by atoms with E-state index >= 15 is 0 Å². The van der Waals surface area contributed by atoms with Crippen LogP contribution in [-0.2, 0) is 4.79 Å². The number of nitrogens with one attached hydrogen (secondary N) is 1. The lowest BCUT2D eigenvalue weighted by Crippen LogP contribution is -2.26. The fourth-order valence-corrected chi connectivity index (χ4v) is 2.98. The number of hydrogen-bond donors (Lipinski definition) is 2. The van der Waals surface area contributed by atoms with Gasteiger partial charge in [-0.3, -0.25) is 9.89 Å². The molecule has 24 heavy (non-hydrogen) atoms. The SMILES string of the molecule is CN(C(=O)c1n[nH]c(C2CC2)c1Br)c1ccc(OCC(=O)O)cc1. The standard InChI is InChI=1S/C16H16BrN3O4/c1-20(10-4-6-11(7-5-10)24-8-12(21)22)16(23)15-13(17)14(18-19-15)9-2-3-9/h4-7,9H,2-3,8H2,1H3,(H,18,19)(H,21,22). The van der Waals surface area contributed by atoms with Crippen molar-refractivity contribution in [2.75, 3.05) is 18.6 Å². The Labute approximate surface area is 146 Å². The summed E-state index contributed by atoms with van der Waals surface area (Å²) in [7, 11) is 1.66. The van der Waals surface area contributed by atoms with E-state index in [9.17, 15) is 9.59 Å². The van der Waals surface area contributed by atoms with Gasteiger partial charge in [-0.1, -0.05) is 0 Å². The van der Waals surface area contributed by atoms with Crippen LogP contribution in [0.3, 0.4) is 0 Å². The second-order valence-corrected chi connectivity index (χ2v) is 6.41. The average molecular weight is 394 g/mol. The molecule has 1 aliphatic rings. The molecular formula is C16H16BrN3O4. The monoisotopic (exact) mass is 393 g/mol. The van der Waals surface area contributed by atoms with E-state index < -0.39 is 12.6 Å². The van der Waals surface area contributed by atoms with Crippen LogP contribution in [0.1, 0.15) is 34.9 Å². The third kappa shape index (κ3) is 3.43. The minimum Gasteiger partial charge on any atom is -0.482 e. The van der Waals surface area contributed by atoms with Gasteiger partial charge in [-0.2, -0.15) is 5.10 Å². The summed E-state index contributed by atoms with van der Waals surface area (Å²) in [5.74, 6) is -0.381. The molecule has 2 aromatic rings. The molecule has 3 rings (SSSR count). The largest absolute Gasteiger partial charge is 0.482 e. The van der Waals surface area contributed by atoms with Crippen LogP contribution < -0.4 is 9.64 Å². The maximum absolute atomic E-state index is 12.6. The summed E-state index contributed by atoms with van der Waals surface area (Å²) >= 11 is 3.46. The molecule has 1 aliphatic carbocycles. The van der Waals surface area contributed by atoms with Gasteiger partial charge in [-0.25, -0.2) is 4.79 Å². The number of hydrogen-bond acceptors (Lipinski definition) is 4. The van der Waals surface area contributed by atoms with Crippen molar-refractivity contribution in [2.24, 2.45) is 0 Å².